The molecule has 0 radical (unpaired) electrons. The molecule has 3 rings (SSSR count). The van der Waals surface area contributed by atoms with Crippen LogP contribution >= 0.6 is 0 Å². The molecule has 2 heterocycles. The van der Waals surface area contributed by atoms with Crippen molar-refractivity contribution in [3.8, 4) is 5.75 Å². The summed E-state index contributed by atoms with van der Waals surface area (Å²) in [5, 5.41) is 11.0. The van der Waals surface area contributed by atoms with Crippen molar-refractivity contribution in [1.29, 1.82) is 0 Å². The molecule has 2 N–H and O–H groups in total. The van der Waals surface area contributed by atoms with Gasteiger partial charge in [-0.3, -0.25) is 14.9 Å². The van der Waals surface area contributed by atoms with E-state index in [1.54, 1.807) is 4.90 Å². The molecule has 0 unspecified atom stereocenters. The molecule has 7 nitrogen and oxygen atoms in total. The Bertz CT molecular complexity index is 709. The summed E-state index contributed by atoms with van der Waals surface area (Å²) in [6.07, 6.45) is 3.18. The van der Waals surface area contributed by atoms with Gasteiger partial charge in [0.25, 0.3) is 5.69 Å². The standard InChI is InChI=1S/C15H17N3O4/c1-15(2)8-12(17-5-3-4-14(17)19)9-6-10(16)11(18(20)21)7-13(9)22-15/h6-8H,3-5,16H2,1-2H3. The van der Waals surface area contributed by atoms with E-state index in [1.807, 2.05) is 19.9 Å². The lowest BCUT2D eigenvalue weighted by Crippen LogP contribution is -2.34. The monoisotopic (exact) mass is 303 g/mol. The molecule has 1 amide bonds. The first-order valence-corrected chi connectivity index (χ1v) is 7.09. The van der Waals surface area contributed by atoms with Crippen molar-refractivity contribution >= 4 is 23.0 Å². The number of nitro benzene ring substituents is 1. The summed E-state index contributed by atoms with van der Waals surface area (Å²) in [4.78, 5) is 24.3. The second kappa shape index (κ2) is 4.72. The normalized spacial score (nSPS) is 19.5. The number of nitro groups is 1. The Hall–Kier alpha value is -2.57. The fourth-order valence-corrected chi connectivity index (χ4v) is 2.87. The van der Waals surface area contributed by atoms with Crippen LogP contribution in [0, 0.1) is 10.1 Å². The number of fused-ring (bicyclic) bond motifs is 1. The maximum absolute atomic E-state index is 12.1. The third-order valence-electron chi connectivity index (χ3n) is 3.82. The number of amides is 1. The topological polar surface area (TPSA) is 98.7 Å². The molecule has 0 aromatic heterocycles. The molecule has 0 bridgehead atoms. The van der Waals surface area contributed by atoms with Crippen LogP contribution in [0.1, 0.15) is 32.3 Å². The largest absolute Gasteiger partial charge is 0.483 e. The molecule has 0 aliphatic carbocycles. The molecule has 0 saturated carbocycles. The third-order valence-corrected chi connectivity index (χ3v) is 3.82. The first-order chi connectivity index (χ1) is 10.3. The fraction of sp³-hybridized carbons (Fsp3) is 0.400. The van der Waals surface area contributed by atoms with Gasteiger partial charge in [0, 0.05) is 18.5 Å². The van der Waals surface area contributed by atoms with Crippen LogP contribution in [0.5, 0.6) is 5.75 Å². The molecule has 1 saturated heterocycles. The van der Waals surface area contributed by atoms with E-state index < -0.39 is 10.5 Å². The van der Waals surface area contributed by atoms with E-state index in [4.69, 9.17) is 10.5 Å². The van der Waals surface area contributed by atoms with E-state index in [2.05, 4.69) is 0 Å². The van der Waals surface area contributed by atoms with Crippen molar-refractivity contribution in [2.24, 2.45) is 0 Å². The van der Waals surface area contributed by atoms with Crippen LogP contribution in [0.3, 0.4) is 0 Å². The Balaban J connectivity index is 2.16. The smallest absolute Gasteiger partial charge is 0.295 e. The Morgan fingerprint density at radius 1 is 1.41 bits per heavy atom. The second-order valence-corrected chi connectivity index (χ2v) is 6.05. The predicted octanol–water partition coefficient (Wildman–Crippen LogP) is 2.31. The van der Waals surface area contributed by atoms with E-state index in [9.17, 15) is 14.9 Å². The number of benzene rings is 1. The minimum absolute atomic E-state index is 0.0480. The SMILES string of the molecule is CC1(C)C=C(N2CCCC2=O)c2cc(N)c([N+](=O)[O-])cc2O1. The van der Waals surface area contributed by atoms with Gasteiger partial charge in [0.05, 0.1) is 16.7 Å². The molecule has 0 spiro atoms. The van der Waals surface area contributed by atoms with Crippen LogP contribution in [0.2, 0.25) is 0 Å². The molecule has 1 aromatic carbocycles. The van der Waals surface area contributed by atoms with Crippen molar-refractivity contribution in [2.75, 3.05) is 12.3 Å². The first-order valence-electron chi connectivity index (χ1n) is 7.09. The van der Waals surface area contributed by atoms with Crippen molar-refractivity contribution < 1.29 is 14.5 Å². The van der Waals surface area contributed by atoms with Crippen molar-refractivity contribution in [3.05, 3.63) is 33.9 Å². The number of ether oxygens (including phenoxy) is 1. The summed E-state index contributed by atoms with van der Waals surface area (Å²) in [6, 6.07) is 2.85. The van der Waals surface area contributed by atoms with Gasteiger partial charge in [0.15, 0.2) is 0 Å². The van der Waals surface area contributed by atoms with Gasteiger partial charge in [-0.15, -0.1) is 0 Å². The zero-order valence-electron chi connectivity index (χ0n) is 12.5. The van der Waals surface area contributed by atoms with E-state index in [0.29, 0.717) is 24.3 Å². The average Bonchev–Trinajstić information content (AvgIpc) is 2.83. The van der Waals surface area contributed by atoms with Gasteiger partial charge in [-0.25, -0.2) is 0 Å². The summed E-state index contributed by atoms with van der Waals surface area (Å²) in [5.74, 6) is 0.426. The molecule has 0 atom stereocenters. The van der Waals surface area contributed by atoms with Gasteiger partial charge in [0.1, 0.15) is 17.0 Å². The molecule has 22 heavy (non-hydrogen) atoms. The van der Waals surface area contributed by atoms with Gasteiger partial charge in [0.2, 0.25) is 5.91 Å². The Kier molecular flexibility index (Phi) is 3.09. The zero-order valence-corrected chi connectivity index (χ0v) is 12.5. The van der Waals surface area contributed by atoms with E-state index in [1.165, 1.54) is 12.1 Å². The Labute approximate surface area is 127 Å². The highest BCUT2D eigenvalue weighted by Gasteiger charge is 2.34. The quantitative estimate of drug-likeness (QED) is 0.513. The second-order valence-electron chi connectivity index (χ2n) is 6.05. The van der Waals surface area contributed by atoms with Crippen LogP contribution in [-0.2, 0) is 4.79 Å². The predicted molar refractivity (Wildman–Crippen MR) is 81.1 cm³/mol. The van der Waals surface area contributed by atoms with Crippen LogP contribution in [0.4, 0.5) is 11.4 Å². The van der Waals surface area contributed by atoms with E-state index in [0.717, 1.165) is 12.1 Å². The number of hydrogen-bond donors (Lipinski definition) is 1. The van der Waals surface area contributed by atoms with Gasteiger partial charge >= 0.3 is 0 Å². The van der Waals surface area contributed by atoms with Crippen molar-refractivity contribution in [2.45, 2.75) is 32.3 Å². The molecule has 7 heteroatoms. The van der Waals surface area contributed by atoms with E-state index >= 15 is 0 Å². The molecule has 2 aliphatic rings. The summed E-state index contributed by atoms with van der Waals surface area (Å²) >= 11 is 0. The Morgan fingerprint density at radius 2 is 2.14 bits per heavy atom. The number of nitrogen functional groups attached to an aromatic ring is 1. The maximum Gasteiger partial charge on any atom is 0.295 e. The number of likely N-dealkylation sites (tertiary alicyclic amines) is 1. The highest BCUT2D eigenvalue weighted by atomic mass is 16.6. The molecule has 1 aromatic rings. The van der Waals surface area contributed by atoms with Crippen LogP contribution in [0.25, 0.3) is 5.70 Å². The number of nitrogens with two attached hydrogens (primary N) is 1. The first kappa shape index (κ1) is 14.4. The van der Waals surface area contributed by atoms with E-state index in [-0.39, 0.29) is 17.3 Å². The number of hydrogen-bond acceptors (Lipinski definition) is 5. The van der Waals surface area contributed by atoms with Crippen LogP contribution in [-0.4, -0.2) is 27.9 Å². The minimum atomic E-state index is -0.658. The molecular weight excluding hydrogens is 286 g/mol. The van der Waals surface area contributed by atoms with Gasteiger partial charge in [-0.05, 0) is 32.4 Å². The average molecular weight is 303 g/mol. The van der Waals surface area contributed by atoms with Crippen LogP contribution in [0.15, 0.2) is 18.2 Å². The lowest BCUT2D eigenvalue weighted by Gasteiger charge is -2.34. The number of carbonyl (C=O) groups excluding carboxylic acids is 1. The van der Waals surface area contributed by atoms with Crippen molar-refractivity contribution in [3.63, 3.8) is 0 Å². The summed E-state index contributed by atoms with van der Waals surface area (Å²) < 4.78 is 5.82. The highest BCUT2D eigenvalue weighted by molar-refractivity contribution is 5.91. The zero-order chi connectivity index (χ0) is 16.1. The highest BCUT2D eigenvalue weighted by Crippen LogP contribution is 2.43. The molecule has 116 valence electrons. The molecule has 2 aliphatic heterocycles. The van der Waals surface area contributed by atoms with Gasteiger partial charge in [-0.1, -0.05) is 0 Å². The number of rotatable bonds is 2. The number of anilines is 1. The minimum Gasteiger partial charge on any atom is -0.483 e. The van der Waals surface area contributed by atoms with Gasteiger partial charge < -0.3 is 15.4 Å². The van der Waals surface area contributed by atoms with Gasteiger partial charge in [-0.2, -0.15) is 0 Å². The summed E-state index contributed by atoms with van der Waals surface area (Å²) in [5.41, 5.74) is 6.33. The third kappa shape index (κ3) is 2.28. The summed E-state index contributed by atoms with van der Waals surface area (Å²) in [7, 11) is 0. The number of carbonyl (C=O) groups is 1. The number of nitrogens with zero attached hydrogens (tertiary/aromatic N) is 2. The fourth-order valence-electron chi connectivity index (χ4n) is 2.87. The van der Waals surface area contributed by atoms with Crippen molar-refractivity contribution in [1.82, 2.24) is 4.90 Å². The maximum atomic E-state index is 12.1. The summed E-state index contributed by atoms with van der Waals surface area (Å²) in [6.45, 7) is 4.33. The Morgan fingerprint density at radius 3 is 2.73 bits per heavy atom. The molecular formula is C15H17N3O4. The lowest BCUT2D eigenvalue weighted by molar-refractivity contribution is -0.384. The molecule has 1 fully saturated rings. The van der Waals surface area contributed by atoms with Crippen LogP contribution < -0.4 is 10.5 Å². The lowest BCUT2D eigenvalue weighted by atomic mass is 9.97.